The number of halogens is 6. The molecule has 0 spiro atoms. The smallest absolute Gasteiger partial charge is 0.406 e. The molecule has 0 amide bonds. The van der Waals surface area contributed by atoms with Crippen LogP contribution in [0.3, 0.4) is 0 Å². The number of nitrogen functional groups attached to an aromatic ring is 1. The molecular formula is C14H9F6N3O2. The first-order valence-corrected chi connectivity index (χ1v) is 6.42. The zero-order chi connectivity index (χ0) is 19.0. The van der Waals surface area contributed by atoms with Crippen molar-refractivity contribution in [1.82, 2.24) is 9.55 Å². The van der Waals surface area contributed by atoms with Crippen molar-refractivity contribution in [2.45, 2.75) is 12.5 Å². The highest BCUT2D eigenvalue weighted by Crippen LogP contribution is 2.32. The Labute approximate surface area is 136 Å². The summed E-state index contributed by atoms with van der Waals surface area (Å²) in [5.74, 6) is -1.07. The van der Waals surface area contributed by atoms with Crippen LogP contribution in [-0.2, 0) is 6.18 Å². The molecule has 0 aliphatic carbocycles. The van der Waals surface area contributed by atoms with Crippen molar-refractivity contribution in [3.05, 3.63) is 46.9 Å². The average Bonchev–Trinajstić information content (AvgIpc) is 2.48. The molecule has 0 fully saturated rings. The minimum Gasteiger partial charge on any atom is -0.406 e. The number of anilines is 1. The summed E-state index contributed by atoms with van der Waals surface area (Å²) in [6, 6.07) is 3.76. The summed E-state index contributed by atoms with van der Waals surface area (Å²) in [4.78, 5) is 15.3. The van der Waals surface area contributed by atoms with E-state index in [1.807, 2.05) is 0 Å². The minimum absolute atomic E-state index is 0.0722. The van der Waals surface area contributed by atoms with Gasteiger partial charge in [-0.15, -0.1) is 13.2 Å². The van der Waals surface area contributed by atoms with Crippen molar-refractivity contribution in [2.24, 2.45) is 0 Å². The maximum absolute atomic E-state index is 12.9. The third-order valence-electron chi connectivity index (χ3n) is 2.95. The Bertz CT molecular complexity index is 853. The second-order valence-corrected chi connectivity index (χ2v) is 4.63. The van der Waals surface area contributed by atoms with Crippen LogP contribution in [0.2, 0.25) is 0 Å². The molecule has 2 N–H and O–H groups in total. The monoisotopic (exact) mass is 365 g/mol. The highest BCUT2D eigenvalue weighted by atomic mass is 19.4. The molecule has 11 heteroatoms. The van der Waals surface area contributed by atoms with Gasteiger partial charge < -0.3 is 10.5 Å². The zero-order valence-corrected chi connectivity index (χ0v) is 12.1. The SMILES string of the molecule is C=Cn1c(-c2ccc(OC(F)(F)F)cc2)nc(C(F)(F)F)c(N)c1=O. The van der Waals surface area contributed by atoms with E-state index < -0.39 is 41.1 Å². The van der Waals surface area contributed by atoms with Crippen LogP contribution in [0.1, 0.15) is 5.69 Å². The van der Waals surface area contributed by atoms with E-state index >= 15 is 0 Å². The van der Waals surface area contributed by atoms with E-state index in [0.717, 1.165) is 30.5 Å². The minimum atomic E-state index is -4.99. The molecule has 25 heavy (non-hydrogen) atoms. The lowest BCUT2D eigenvalue weighted by Crippen LogP contribution is -2.27. The maximum atomic E-state index is 12.9. The lowest BCUT2D eigenvalue weighted by Gasteiger charge is -2.15. The first-order chi connectivity index (χ1) is 11.4. The Morgan fingerprint density at radius 2 is 1.68 bits per heavy atom. The molecule has 0 atom stereocenters. The summed E-state index contributed by atoms with van der Waals surface area (Å²) < 4.78 is 79.6. The maximum Gasteiger partial charge on any atom is 0.573 e. The number of nitrogens with zero attached hydrogens (tertiary/aromatic N) is 2. The van der Waals surface area contributed by atoms with E-state index in [1.165, 1.54) is 0 Å². The molecule has 134 valence electrons. The van der Waals surface area contributed by atoms with Crippen molar-refractivity contribution in [2.75, 3.05) is 5.73 Å². The van der Waals surface area contributed by atoms with Gasteiger partial charge in [0.1, 0.15) is 17.3 Å². The van der Waals surface area contributed by atoms with Gasteiger partial charge in [-0.1, -0.05) is 6.58 Å². The topological polar surface area (TPSA) is 70.1 Å². The van der Waals surface area contributed by atoms with Crippen molar-refractivity contribution in [3.8, 4) is 17.1 Å². The van der Waals surface area contributed by atoms with E-state index in [0.29, 0.717) is 4.57 Å². The largest absolute Gasteiger partial charge is 0.573 e. The second-order valence-electron chi connectivity index (χ2n) is 4.63. The van der Waals surface area contributed by atoms with E-state index in [2.05, 4.69) is 16.3 Å². The fourth-order valence-electron chi connectivity index (χ4n) is 1.94. The van der Waals surface area contributed by atoms with Gasteiger partial charge in [-0.05, 0) is 24.3 Å². The first kappa shape index (κ1) is 18.4. The normalized spacial score (nSPS) is 12.1. The lowest BCUT2D eigenvalue weighted by molar-refractivity contribution is -0.274. The highest BCUT2D eigenvalue weighted by Gasteiger charge is 2.37. The molecule has 0 unspecified atom stereocenters. The molecule has 1 heterocycles. The quantitative estimate of drug-likeness (QED) is 0.845. The summed E-state index contributed by atoms with van der Waals surface area (Å²) in [7, 11) is 0. The Balaban J connectivity index is 2.60. The van der Waals surface area contributed by atoms with Gasteiger partial charge in [0.25, 0.3) is 5.56 Å². The number of aromatic nitrogens is 2. The molecular weight excluding hydrogens is 356 g/mol. The molecule has 5 nitrogen and oxygen atoms in total. The van der Waals surface area contributed by atoms with Crippen LogP contribution >= 0.6 is 0 Å². The molecule has 2 rings (SSSR count). The summed E-state index contributed by atoms with van der Waals surface area (Å²) in [6.07, 6.45) is -9.02. The molecule has 0 radical (unpaired) electrons. The fourth-order valence-corrected chi connectivity index (χ4v) is 1.94. The molecule has 2 aromatic rings. The van der Waals surface area contributed by atoms with Crippen LogP contribution in [0.5, 0.6) is 5.75 Å². The number of rotatable bonds is 3. The highest BCUT2D eigenvalue weighted by molar-refractivity contribution is 5.62. The Hall–Kier alpha value is -2.98. The Morgan fingerprint density at radius 1 is 1.12 bits per heavy atom. The summed E-state index contributed by atoms with van der Waals surface area (Å²) in [5.41, 5.74) is 1.19. The van der Waals surface area contributed by atoms with E-state index in [-0.39, 0.29) is 5.56 Å². The summed E-state index contributed by atoms with van der Waals surface area (Å²) in [5, 5.41) is 0. The van der Waals surface area contributed by atoms with Crippen LogP contribution < -0.4 is 16.0 Å². The number of ether oxygens (including phenoxy) is 1. The molecule has 0 saturated carbocycles. The third kappa shape index (κ3) is 3.92. The van der Waals surface area contributed by atoms with Gasteiger partial charge in [0, 0.05) is 11.8 Å². The number of alkyl halides is 6. The summed E-state index contributed by atoms with van der Waals surface area (Å²) >= 11 is 0. The van der Waals surface area contributed by atoms with E-state index in [1.54, 1.807) is 0 Å². The van der Waals surface area contributed by atoms with Gasteiger partial charge in [0.15, 0.2) is 5.69 Å². The van der Waals surface area contributed by atoms with Gasteiger partial charge in [-0.3, -0.25) is 9.36 Å². The number of nitrogens with two attached hydrogens (primary N) is 1. The molecule has 1 aromatic heterocycles. The predicted octanol–water partition coefficient (Wildman–Crippen LogP) is 3.51. The molecule has 0 bridgehead atoms. The third-order valence-corrected chi connectivity index (χ3v) is 2.95. The fraction of sp³-hybridized carbons (Fsp3) is 0.143. The molecule has 1 aromatic carbocycles. The molecule has 0 saturated heterocycles. The van der Waals surface area contributed by atoms with Crippen molar-refractivity contribution in [1.29, 1.82) is 0 Å². The molecule has 0 aliphatic heterocycles. The van der Waals surface area contributed by atoms with Crippen LogP contribution in [-0.4, -0.2) is 15.9 Å². The van der Waals surface area contributed by atoms with Crippen molar-refractivity contribution < 1.29 is 31.1 Å². The van der Waals surface area contributed by atoms with Gasteiger partial charge in [-0.2, -0.15) is 13.2 Å². The average molecular weight is 365 g/mol. The lowest BCUT2D eigenvalue weighted by atomic mass is 10.2. The standard InChI is InChI=1S/C14H9F6N3O2/c1-2-23-11(22-10(13(15,16)17)9(21)12(23)24)7-3-5-8(6-4-7)25-14(18,19)20/h2-6H,1,21H2. The summed E-state index contributed by atoms with van der Waals surface area (Å²) in [6.45, 7) is 3.29. The number of hydrogen-bond acceptors (Lipinski definition) is 4. The van der Waals surface area contributed by atoms with E-state index in [4.69, 9.17) is 5.73 Å². The van der Waals surface area contributed by atoms with Gasteiger partial charge in [0.2, 0.25) is 0 Å². The Kier molecular flexibility index (Phi) is 4.51. The molecule has 0 aliphatic rings. The van der Waals surface area contributed by atoms with Gasteiger partial charge in [0.05, 0.1) is 0 Å². The van der Waals surface area contributed by atoms with Gasteiger partial charge >= 0.3 is 12.5 Å². The van der Waals surface area contributed by atoms with Crippen LogP contribution in [0.4, 0.5) is 32.0 Å². The van der Waals surface area contributed by atoms with Gasteiger partial charge in [-0.25, -0.2) is 4.98 Å². The Morgan fingerprint density at radius 3 is 2.12 bits per heavy atom. The van der Waals surface area contributed by atoms with Crippen LogP contribution in [0.15, 0.2) is 35.6 Å². The second kappa shape index (κ2) is 6.15. The first-order valence-electron chi connectivity index (χ1n) is 6.42. The van der Waals surface area contributed by atoms with Crippen LogP contribution in [0, 0.1) is 0 Å². The number of benzene rings is 1. The predicted molar refractivity (Wildman–Crippen MR) is 76.4 cm³/mol. The number of hydrogen-bond donors (Lipinski definition) is 1. The zero-order valence-electron chi connectivity index (χ0n) is 12.1. The van der Waals surface area contributed by atoms with Crippen molar-refractivity contribution in [3.63, 3.8) is 0 Å². The van der Waals surface area contributed by atoms with Crippen molar-refractivity contribution >= 4 is 11.9 Å². The van der Waals surface area contributed by atoms with E-state index in [9.17, 15) is 31.1 Å². The van der Waals surface area contributed by atoms with Crippen LogP contribution in [0.25, 0.3) is 17.6 Å².